The van der Waals surface area contributed by atoms with Crippen LogP contribution in [0.3, 0.4) is 0 Å². The third kappa shape index (κ3) is 14.9. The molecule has 6 heteroatoms. The molecule has 1 amide bonds. The summed E-state index contributed by atoms with van der Waals surface area (Å²) in [6, 6.07) is 7.15. The molecule has 170 valence electrons. The topological polar surface area (TPSA) is 73.9 Å². The smallest absolute Gasteiger partial charge is 0.305 e. The van der Waals surface area contributed by atoms with E-state index >= 15 is 0 Å². The molecule has 1 aromatic carbocycles. The fourth-order valence-corrected chi connectivity index (χ4v) is 3.02. The van der Waals surface area contributed by atoms with Gasteiger partial charge in [-0.3, -0.25) is 9.59 Å². The molecule has 0 fully saturated rings. The van der Waals surface area contributed by atoms with Crippen molar-refractivity contribution in [2.45, 2.75) is 78.1 Å². The van der Waals surface area contributed by atoms with Gasteiger partial charge in [0.2, 0.25) is 5.91 Å². The number of unbranched alkanes of at least 4 members (excludes halogenated alkanes) is 8. The van der Waals surface area contributed by atoms with Crippen molar-refractivity contribution in [3.8, 4) is 5.75 Å². The maximum Gasteiger partial charge on any atom is 0.305 e. The number of carbonyl (C=O) groups excluding carboxylic acids is 2. The zero-order chi connectivity index (χ0) is 21.9. The van der Waals surface area contributed by atoms with Gasteiger partial charge in [0.15, 0.2) is 0 Å². The van der Waals surface area contributed by atoms with Crippen LogP contribution in [0.2, 0.25) is 0 Å². The molecular weight excluding hydrogens is 382 g/mol. The molecule has 0 heterocycles. The molecule has 0 radical (unpaired) electrons. The summed E-state index contributed by atoms with van der Waals surface area (Å²) in [7, 11) is 0. The molecule has 0 saturated heterocycles. The van der Waals surface area contributed by atoms with Gasteiger partial charge in [0.25, 0.3) is 0 Å². The van der Waals surface area contributed by atoms with E-state index in [1.54, 1.807) is 24.3 Å². The first-order valence-electron chi connectivity index (χ1n) is 11.4. The number of anilines is 1. The van der Waals surface area contributed by atoms with Crippen molar-refractivity contribution in [2.24, 2.45) is 0 Å². The quantitative estimate of drug-likeness (QED) is 0.250. The predicted octanol–water partition coefficient (Wildman–Crippen LogP) is 5.50. The molecule has 30 heavy (non-hydrogen) atoms. The van der Waals surface area contributed by atoms with Gasteiger partial charge < -0.3 is 19.5 Å². The fraction of sp³-hybridized carbons (Fsp3) is 0.667. The summed E-state index contributed by atoms with van der Waals surface area (Å²) in [5, 5.41) is 2.70. The minimum atomic E-state index is -0.142. The van der Waals surface area contributed by atoms with Crippen molar-refractivity contribution in [2.75, 3.05) is 31.7 Å². The third-order valence-electron chi connectivity index (χ3n) is 4.65. The first-order valence-corrected chi connectivity index (χ1v) is 11.4. The standard InChI is InChI=1S/C24H39NO5/c1-3-4-5-6-7-8-9-10-11-12-24(27)30-20-18-28-17-19-29-23-15-13-22(14-16-23)25-21(2)26/h13-16H,3-12,17-20H2,1-2H3,(H,25,26). The van der Waals surface area contributed by atoms with E-state index in [0.717, 1.165) is 18.5 Å². The number of carbonyl (C=O) groups is 2. The van der Waals surface area contributed by atoms with E-state index in [0.29, 0.717) is 32.0 Å². The normalized spacial score (nSPS) is 10.6. The van der Waals surface area contributed by atoms with E-state index in [4.69, 9.17) is 14.2 Å². The fourth-order valence-electron chi connectivity index (χ4n) is 3.02. The van der Waals surface area contributed by atoms with Gasteiger partial charge in [-0.25, -0.2) is 0 Å². The highest BCUT2D eigenvalue weighted by molar-refractivity contribution is 5.88. The molecule has 0 aliphatic rings. The third-order valence-corrected chi connectivity index (χ3v) is 4.65. The van der Waals surface area contributed by atoms with E-state index in [9.17, 15) is 9.59 Å². The van der Waals surface area contributed by atoms with Crippen LogP contribution in [0.15, 0.2) is 24.3 Å². The zero-order valence-electron chi connectivity index (χ0n) is 18.8. The molecule has 0 aromatic heterocycles. The number of nitrogens with one attached hydrogen (secondary N) is 1. The van der Waals surface area contributed by atoms with E-state index in [-0.39, 0.29) is 18.5 Å². The van der Waals surface area contributed by atoms with Crippen molar-refractivity contribution in [3.05, 3.63) is 24.3 Å². The van der Waals surface area contributed by atoms with Gasteiger partial charge in [-0.05, 0) is 30.7 Å². The second-order valence-electron chi connectivity index (χ2n) is 7.47. The van der Waals surface area contributed by atoms with Crippen LogP contribution in [0.25, 0.3) is 0 Å². The number of hydrogen-bond acceptors (Lipinski definition) is 5. The molecular formula is C24H39NO5. The molecule has 0 atom stereocenters. The highest BCUT2D eigenvalue weighted by atomic mass is 16.6. The molecule has 1 rings (SSSR count). The summed E-state index contributed by atoms with van der Waals surface area (Å²) in [4.78, 5) is 22.7. The van der Waals surface area contributed by atoms with Gasteiger partial charge in [0, 0.05) is 19.0 Å². The summed E-state index contributed by atoms with van der Waals surface area (Å²) >= 11 is 0. The van der Waals surface area contributed by atoms with Crippen LogP contribution in [0, 0.1) is 0 Å². The summed E-state index contributed by atoms with van der Waals surface area (Å²) in [6.45, 7) is 5.18. The molecule has 6 nitrogen and oxygen atoms in total. The Morgan fingerprint density at radius 2 is 1.40 bits per heavy atom. The Bertz CT molecular complexity index is 573. The van der Waals surface area contributed by atoms with Crippen LogP contribution in [0.1, 0.15) is 78.1 Å². The van der Waals surface area contributed by atoms with Gasteiger partial charge in [0.05, 0.1) is 13.2 Å². The molecule has 1 N–H and O–H groups in total. The SMILES string of the molecule is CCCCCCCCCCCC(=O)OCCOCCOc1ccc(NC(C)=O)cc1. The summed E-state index contributed by atoms with van der Waals surface area (Å²) < 4.78 is 16.2. The summed E-state index contributed by atoms with van der Waals surface area (Å²) in [5.74, 6) is 0.461. The predicted molar refractivity (Wildman–Crippen MR) is 120 cm³/mol. The van der Waals surface area contributed by atoms with Crippen molar-refractivity contribution < 1.29 is 23.8 Å². The van der Waals surface area contributed by atoms with Crippen molar-refractivity contribution in [3.63, 3.8) is 0 Å². The lowest BCUT2D eigenvalue weighted by Gasteiger charge is -2.09. The molecule has 0 bridgehead atoms. The number of ether oxygens (including phenoxy) is 3. The number of hydrogen-bond donors (Lipinski definition) is 1. The van der Waals surface area contributed by atoms with Crippen LogP contribution in [0.5, 0.6) is 5.75 Å². The first-order chi connectivity index (χ1) is 14.6. The number of esters is 1. The lowest BCUT2D eigenvalue weighted by molar-refractivity contribution is -0.145. The van der Waals surface area contributed by atoms with E-state index in [2.05, 4.69) is 12.2 Å². The Labute approximate surface area is 181 Å². The molecule has 0 spiro atoms. The van der Waals surface area contributed by atoms with Crippen LogP contribution < -0.4 is 10.1 Å². The van der Waals surface area contributed by atoms with Crippen LogP contribution in [0.4, 0.5) is 5.69 Å². The van der Waals surface area contributed by atoms with Crippen molar-refractivity contribution >= 4 is 17.6 Å². The first kappa shape index (κ1) is 26.0. The van der Waals surface area contributed by atoms with Gasteiger partial charge >= 0.3 is 5.97 Å². The zero-order valence-corrected chi connectivity index (χ0v) is 18.8. The lowest BCUT2D eigenvalue weighted by atomic mass is 10.1. The van der Waals surface area contributed by atoms with Crippen LogP contribution in [-0.2, 0) is 19.1 Å². The Kier molecular flexibility index (Phi) is 15.4. The highest BCUT2D eigenvalue weighted by Crippen LogP contribution is 2.15. The minimum absolute atomic E-state index is 0.106. The van der Waals surface area contributed by atoms with Gasteiger partial charge in [-0.15, -0.1) is 0 Å². The Morgan fingerprint density at radius 1 is 0.800 bits per heavy atom. The van der Waals surface area contributed by atoms with E-state index < -0.39 is 0 Å². The second kappa shape index (κ2) is 17.8. The average Bonchev–Trinajstić information content (AvgIpc) is 2.72. The number of benzene rings is 1. The molecule has 0 saturated carbocycles. The summed E-state index contributed by atoms with van der Waals surface area (Å²) in [6.07, 6.45) is 11.6. The highest BCUT2D eigenvalue weighted by Gasteiger charge is 2.03. The second-order valence-corrected chi connectivity index (χ2v) is 7.47. The Morgan fingerprint density at radius 3 is 2.03 bits per heavy atom. The molecule has 0 aliphatic heterocycles. The van der Waals surface area contributed by atoms with Gasteiger partial charge in [-0.1, -0.05) is 58.3 Å². The Hall–Kier alpha value is -2.08. The maximum absolute atomic E-state index is 11.7. The van der Waals surface area contributed by atoms with Crippen LogP contribution >= 0.6 is 0 Å². The van der Waals surface area contributed by atoms with E-state index in [1.165, 1.54) is 51.9 Å². The van der Waals surface area contributed by atoms with Crippen molar-refractivity contribution in [1.29, 1.82) is 0 Å². The van der Waals surface area contributed by atoms with Gasteiger partial charge in [0.1, 0.15) is 19.0 Å². The minimum Gasteiger partial charge on any atom is -0.491 e. The average molecular weight is 422 g/mol. The van der Waals surface area contributed by atoms with Crippen LogP contribution in [-0.4, -0.2) is 38.3 Å². The van der Waals surface area contributed by atoms with Gasteiger partial charge in [-0.2, -0.15) is 0 Å². The monoisotopic (exact) mass is 421 g/mol. The number of rotatable bonds is 18. The maximum atomic E-state index is 11.7. The lowest BCUT2D eigenvalue weighted by Crippen LogP contribution is -2.13. The van der Waals surface area contributed by atoms with Crippen molar-refractivity contribution in [1.82, 2.24) is 0 Å². The van der Waals surface area contributed by atoms with E-state index in [1.807, 2.05) is 0 Å². The molecule has 0 aliphatic carbocycles. The largest absolute Gasteiger partial charge is 0.491 e. The molecule has 1 aromatic rings. The Balaban J connectivity index is 1.89. The summed E-state index contributed by atoms with van der Waals surface area (Å²) in [5.41, 5.74) is 0.732. The molecule has 0 unspecified atom stereocenters. The number of amides is 1.